The van der Waals surface area contributed by atoms with E-state index in [-0.39, 0.29) is 17.9 Å². The molecule has 2 saturated heterocycles. The highest BCUT2D eigenvalue weighted by Crippen LogP contribution is 2.34. The Morgan fingerprint density at radius 2 is 2.36 bits per heavy atom. The summed E-state index contributed by atoms with van der Waals surface area (Å²) in [5, 5.41) is 3.08. The molecular weight excluding hydrogens is 278 g/mol. The highest BCUT2D eigenvalue weighted by Gasteiger charge is 2.44. The molecule has 0 bridgehead atoms. The number of rotatable bonds is 4. The van der Waals surface area contributed by atoms with Gasteiger partial charge in [-0.15, -0.1) is 0 Å². The molecule has 0 radical (unpaired) electrons. The van der Waals surface area contributed by atoms with Gasteiger partial charge in [0, 0.05) is 50.6 Å². The zero-order chi connectivity index (χ0) is 15.5. The van der Waals surface area contributed by atoms with Crippen molar-refractivity contribution in [3.63, 3.8) is 0 Å². The topological polar surface area (TPSA) is 54.5 Å². The van der Waals surface area contributed by atoms with Crippen molar-refractivity contribution in [1.29, 1.82) is 0 Å². The van der Waals surface area contributed by atoms with Gasteiger partial charge in [0.2, 0.25) is 5.91 Å². The van der Waals surface area contributed by atoms with Crippen molar-refractivity contribution in [2.75, 3.05) is 19.7 Å². The Bertz CT molecular complexity index is 506. The molecule has 0 aromatic carbocycles. The zero-order valence-corrected chi connectivity index (χ0v) is 13.4. The van der Waals surface area contributed by atoms with E-state index in [4.69, 9.17) is 4.74 Å². The van der Waals surface area contributed by atoms with Crippen LogP contribution in [-0.4, -0.2) is 47.6 Å². The van der Waals surface area contributed by atoms with Crippen LogP contribution < -0.4 is 5.32 Å². The molecule has 3 atom stereocenters. The summed E-state index contributed by atoms with van der Waals surface area (Å²) in [5.74, 6) is 0.541. The molecular formula is C17H25N3O2. The number of fused-ring (bicyclic) bond motifs is 1. The lowest BCUT2D eigenvalue weighted by molar-refractivity contribution is -0.131. The SMILES string of the molecule is CC(C)N1C[C@H]2OCC[C@H]2[C@H](C(=O)NCc2cccnc2)C1. The van der Waals surface area contributed by atoms with Gasteiger partial charge in [0.05, 0.1) is 12.0 Å². The lowest BCUT2D eigenvalue weighted by Crippen LogP contribution is -2.54. The second-order valence-electron chi connectivity index (χ2n) is 6.59. The molecule has 2 aliphatic heterocycles. The number of pyridine rings is 1. The minimum Gasteiger partial charge on any atom is -0.377 e. The van der Waals surface area contributed by atoms with E-state index in [0.29, 0.717) is 18.5 Å². The van der Waals surface area contributed by atoms with Crippen LogP contribution in [0.15, 0.2) is 24.5 Å². The maximum Gasteiger partial charge on any atom is 0.225 e. The van der Waals surface area contributed by atoms with Crippen molar-refractivity contribution in [3.8, 4) is 0 Å². The molecule has 1 amide bonds. The van der Waals surface area contributed by atoms with Gasteiger partial charge in [0.15, 0.2) is 0 Å². The summed E-state index contributed by atoms with van der Waals surface area (Å²) in [6.07, 6.45) is 4.75. The third kappa shape index (κ3) is 3.31. The third-order valence-corrected chi connectivity index (χ3v) is 4.88. The first-order valence-electron chi connectivity index (χ1n) is 8.17. The summed E-state index contributed by atoms with van der Waals surface area (Å²) in [7, 11) is 0. The van der Waals surface area contributed by atoms with Crippen LogP contribution in [0.4, 0.5) is 0 Å². The van der Waals surface area contributed by atoms with Gasteiger partial charge in [-0.05, 0) is 31.9 Å². The average Bonchev–Trinajstić information content (AvgIpc) is 3.01. The number of amides is 1. The molecule has 2 fully saturated rings. The van der Waals surface area contributed by atoms with Gasteiger partial charge in [0.25, 0.3) is 0 Å². The van der Waals surface area contributed by atoms with Crippen LogP contribution in [0.1, 0.15) is 25.8 Å². The van der Waals surface area contributed by atoms with Crippen molar-refractivity contribution >= 4 is 5.91 Å². The van der Waals surface area contributed by atoms with Gasteiger partial charge in [-0.1, -0.05) is 6.07 Å². The summed E-state index contributed by atoms with van der Waals surface area (Å²) >= 11 is 0. The highest BCUT2D eigenvalue weighted by molar-refractivity contribution is 5.79. The van der Waals surface area contributed by atoms with E-state index in [0.717, 1.165) is 31.7 Å². The largest absolute Gasteiger partial charge is 0.377 e. The van der Waals surface area contributed by atoms with Gasteiger partial charge in [-0.2, -0.15) is 0 Å². The fourth-order valence-electron chi connectivity index (χ4n) is 3.53. The predicted molar refractivity (Wildman–Crippen MR) is 84.1 cm³/mol. The lowest BCUT2D eigenvalue weighted by Gasteiger charge is -2.41. The van der Waals surface area contributed by atoms with Crippen LogP contribution in [0.3, 0.4) is 0 Å². The molecule has 3 rings (SSSR count). The maximum absolute atomic E-state index is 12.7. The van der Waals surface area contributed by atoms with Crippen molar-refractivity contribution in [2.24, 2.45) is 11.8 Å². The van der Waals surface area contributed by atoms with E-state index in [1.807, 2.05) is 12.1 Å². The molecule has 0 unspecified atom stereocenters. The number of hydrogen-bond acceptors (Lipinski definition) is 4. The van der Waals surface area contributed by atoms with Crippen molar-refractivity contribution in [1.82, 2.24) is 15.2 Å². The summed E-state index contributed by atoms with van der Waals surface area (Å²) in [4.78, 5) is 19.1. The first kappa shape index (κ1) is 15.4. The normalized spacial score (nSPS) is 28.6. The van der Waals surface area contributed by atoms with Crippen molar-refractivity contribution < 1.29 is 9.53 Å². The van der Waals surface area contributed by atoms with E-state index in [2.05, 4.69) is 29.0 Å². The third-order valence-electron chi connectivity index (χ3n) is 4.88. The summed E-state index contributed by atoms with van der Waals surface area (Å²) in [5.41, 5.74) is 1.03. The lowest BCUT2D eigenvalue weighted by atomic mass is 9.81. The average molecular weight is 303 g/mol. The van der Waals surface area contributed by atoms with Gasteiger partial charge in [-0.25, -0.2) is 0 Å². The Morgan fingerprint density at radius 1 is 1.50 bits per heavy atom. The maximum atomic E-state index is 12.7. The quantitative estimate of drug-likeness (QED) is 0.914. The Labute approximate surface area is 132 Å². The second-order valence-corrected chi connectivity index (χ2v) is 6.59. The number of nitrogens with one attached hydrogen (secondary N) is 1. The number of nitrogens with zero attached hydrogens (tertiary/aromatic N) is 2. The Balaban J connectivity index is 1.64. The molecule has 5 heteroatoms. The van der Waals surface area contributed by atoms with Gasteiger partial charge >= 0.3 is 0 Å². The molecule has 120 valence electrons. The van der Waals surface area contributed by atoms with E-state index < -0.39 is 0 Å². The molecule has 1 aromatic heterocycles. The summed E-state index contributed by atoms with van der Waals surface area (Å²) in [6.45, 7) is 7.48. The number of hydrogen-bond donors (Lipinski definition) is 1. The molecule has 0 saturated carbocycles. The van der Waals surface area contributed by atoms with Crippen LogP contribution in [0.25, 0.3) is 0 Å². The zero-order valence-electron chi connectivity index (χ0n) is 13.4. The molecule has 5 nitrogen and oxygen atoms in total. The summed E-state index contributed by atoms with van der Waals surface area (Å²) < 4.78 is 5.85. The van der Waals surface area contributed by atoms with E-state index in [1.54, 1.807) is 12.4 Å². The standard InChI is InChI=1S/C17H25N3O2/c1-12(2)20-10-15(14-5-7-22-16(14)11-20)17(21)19-9-13-4-3-6-18-8-13/h3-4,6,8,12,14-16H,5,7,9-11H2,1-2H3,(H,19,21)/t14-,15+,16+/m0/s1. The van der Waals surface area contributed by atoms with Crippen LogP contribution >= 0.6 is 0 Å². The van der Waals surface area contributed by atoms with Crippen molar-refractivity contribution in [2.45, 2.75) is 39.0 Å². The van der Waals surface area contributed by atoms with E-state index in [9.17, 15) is 4.79 Å². The van der Waals surface area contributed by atoms with Crippen LogP contribution in [0.2, 0.25) is 0 Å². The molecule has 1 aromatic rings. The fourth-order valence-corrected chi connectivity index (χ4v) is 3.53. The Hall–Kier alpha value is -1.46. The van der Waals surface area contributed by atoms with Crippen LogP contribution in [0.5, 0.6) is 0 Å². The smallest absolute Gasteiger partial charge is 0.225 e. The monoisotopic (exact) mass is 303 g/mol. The number of ether oxygens (including phenoxy) is 1. The van der Waals surface area contributed by atoms with Crippen molar-refractivity contribution in [3.05, 3.63) is 30.1 Å². The van der Waals surface area contributed by atoms with Gasteiger partial charge < -0.3 is 10.1 Å². The minimum atomic E-state index is 0.0281. The Morgan fingerprint density at radius 3 is 3.09 bits per heavy atom. The number of carbonyl (C=O) groups excluding carboxylic acids is 1. The first-order chi connectivity index (χ1) is 10.6. The summed E-state index contributed by atoms with van der Waals surface area (Å²) in [6, 6.07) is 4.32. The predicted octanol–water partition coefficient (Wildman–Crippen LogP) is 1.44. The van der Waals surface area contributed by atoms with Gasteiger partial charge in [-0.3, -0.25) is 14.7 Å². The number of piperidine rings is 1. The number of aromatic nitrogens is 1. The molecule has 2 aliphatic rings. The first-order valence-corrected chi connectivity index (χ1v) is 8.17. The number of carbonyl (C=O) groups is 1. The fraction of sp³-hybridized carbons (Fsp3) is 0.647. The molecule has 1 N–H and O–H groups in total. The van der Waals surface area contributed by atoms with Crippen LogP contribution in [0, 0.1) is 11.8 Å². The molecule has 0 spiro atoms. The Kier molecular flexibility index (Phi) is 4.74. The van der Waals surface area contributed by atoms with E-state index in [1.165, 1.54) is 0 Å². The molecule has 3 heterocycles. The van der Waals surface area contributed by atoms with Gasteiger partial charge in [0.1, 0.15) is 0 Å². The molecule has 22 heavy (non-hydrogen) atoms. The highest BCUT2D eigenvalue weighted by atomic mass is 16.5. The minimum absolute atomic E-state index is 0.0281. The van der Waals surface area contributed by atoms with Crippen LogP contribution in [-0.2, 0) is 16.1 Å². The van der Waals surface area contributed by atoms with E-state index >= 15 is 0 Å². The number of likely N-dealkylation sites (tertiary alicyclic amines) is 1. The molecule has 0 aliphatic carbocycles. The second kappa shape index (κ2) is 6.75.